The van der Waals surface area contributed by atoms with E-state index in [1.54, 1.807) is 13.0 Å². The van der Waals surface area contributed by atoms with E-state index in [-0.39, 0.29) is 11.3 Å². The molecule has 0 bridgehead atoms. The molecule has 0 spiro atoms. The van der Waals surface area contributed by atoms with Crippen LogP contribution in [0.1, 0.15) is 48.6 Å². The Morgan fingerprint density at radius 3 is 2.44 bits per heavy atom. The highest BCUT2D eigenvalue weighted by atomic mass is 35.5. The van der Waals surface area contributed by atoms with Crippen molar-refractivity contribution in [3.63, 3.8) is 0 Å². The van der Waals surface area contributed by atoms with Gasteiger partial charge >= 0.3 is 0 Å². The smallest absolute Gasteiger partial charge is 0.254 e. The molecule has 1 amide bonds. The second kappa shape index (κ2) is 6.83. The topological polar surface area (TPSA) is 42.2 Å². The van der Waals surface area contributed by atoms with Gasteiger partial charge in [0.2, 0.25) is 0 Å². The van der Waals surface area contributed by atoms with Crippen LogP contribution in [0.15, 0.2) is 10.5 Å². The third kappa shape index (κ3) is 3.77. The minimum Gasteiger partial charge on any atom is -0.466 e. The third-order valence-corrected chi connectivity index (χ3v) is 3.81. The average Bonchev–Trinajstić information content (AvgIpc) is 2.67. The van der Waals surface area contributed by atoms with Gasteiger partial charge in [-0.3, -0.25) is 4.79 Å². The van der Waals surface area contributed by atoms with E-state index in [0.717, 1.165) is 18.6 Å². The van der Waals surface area contributed by atoms with Crippen LogP contribution in [-0.2, 0) is 0 Å². The molecule has 0 aliphatic heterocycles. The van der Waals surface area contributed by atoms with Crippen molar-refractivity contribution in [2.24, 2.45) is 5.92 Å². The van der Waals surface area contributed by atoms with Gasteiger partial charge in [-0.1, -0.05) is 26.7 Å². The van der Waals surface area contributed by atoms with Crippen LogP contribution in [0.2, 0.25) is 0 Å². The molecule has 0 saturated heterocycles. The van der Waals surface area contributed by atoms with Crippen LogP contribution in [0.3, 0.4) is 0 Å². The summed E-state index contributed by atoms with van der Waals surface area (Å²) in [7, 11) is 0. The molecule has 1 atom stereocenters. The zero-order chi connectivity index (χ0) is 13.7. The van der Waals surface area contributed by atoms with Crippen molar-refractivity contribution in [3.05, 3.63) is 23.2 Å². The minimum absolute atomic E-state index is 0.0164. The van der Waals surface area contributed by atoms with Gasteiger partial charge in [0.05, 0.1) is 10.9 Å². The van der Waals surface area contributed by atoms with Crippen molar-refractivity contribution in [3.8, 4) is 0 Å². The molecule has 1 aromatic rings. The SMILES string of the molecule is CCC(CC)C(Cl)CNC(=O)c1cc(C)oc1C. The third-order valence-electron chi connectivity index (χ3n) is 3.30. The molecule has 1 aromatic heterocycles. The lowest BCUT2D eigenvalue weighted by Crippen LogP contribution is -2.33. The first kappa shape index (κ1) is 15.1. The zero-order valence-electron chi connectivity index (χ0n) is 11.5. The quantitative estimate of drug-likeness (QED) is 0.802. The van der Waals surface area contributed by atoms with Crippen molar-refractivity contribution < 1.29 is 9.21 Å². The number of alkyl halides is 1. The molecule has 3 nitrogen and oxygen atoms in total. The van der Waals surface area contributed by atoms with Gasteiger partial charge in [-0.2, -0.15) is 0 Å². The number of furan rings is 1. The Kier molecular flexibility index (Phi) is 5.73. The van der Waals surface area contributed by atoms with Gasteiger partial charge in [-0.15, -0.1) is 11.6 Å². The molecular weight excluding hydrogens is 250 g/mol. The summed E-state index contributed by atoms with van der Waals surface area (Å²) < 4.78 is 5.34. The van der Waals surface area contributed by atoms with Crippen LogP contribution in [0.5, 0.6) is 0 Å². The maximum atomic E-state index is 12.0. The van der Waals surface area contributed by atoms with E-state index in [9.17, 15) is 4.79 Å². The maximum absolute atomic E-state index is 12.0. The van der Waals surface area contributed by atoms with Crippen LogP contribution >= 0.6 is 11.6 Å². The largest absolute Gasteiger partial charge is 0.466 e. The number of aryl methyl sites for hydroxylation is 2. The van der Waals surface area contributed by atoms with Crippen molar-refractivity contribution in [2.45, 2.75) is 45.9 Å². The van der Waals surface area contributed by atoms with Gasteiger partial charge in [0.15, 0.2) is 0 Å². The Hall–Kier alpha value is -0.960. The first-order chi connectivity index (χ1) is 8.49. The number of hydrogen-bond acceptors (Lipinski definition) is 2. The number of carbonyl (C=O) groups is 1. The van der Waals surface area contributed by atoms with Crippen LogP contribution in [-0.4, -0.2) is 17.8 Å². The number of nitrogens with one attached hydrogen (secondary N) is 1. The van der Waals surface area contributed by atoms with Crippen LogP contribution in [0.4, 0.5) is 0 Å². The normalized spacial score (nSPS) is 12.8. The molecule has 1 heterocycles. The molecule has 0 radical (unpaired) electrons. The molecule has 0 aromatic carbocycles. The fourth-order valence-corrected chi connectivity index (χ4v) is 2.54. The highest BCUT2D eigenvalue weighted by molar-refractivity contribution is 6.21. The molecule has 102 valence electrons. The van der Waals surface area contributed by atoms with E-state index >= 15 is 0 Å². The van der Waals surface area contributed by atoms with Gasteiger partial charge in [0, 0.05) is 6.54 Å². The Balaban J connectivity index is 2.53. The van der Waals surface area contributed by atoms with Crippen molar-refractivity contribution >= 4 is 17.5 Å². The van der Waals surface area contributed by atoms with Gasteiger partial charge in [-0.05, 0) is 25.8 Å². The number of hydrogen-bond donors (Lipinski definition) is 1. The lowest BCUT2D eigenvalue weighted by Gasteiger charge is -2.19. The monoisotopic (exact) mass is 271 g/mol. The molecule has 18 heavy (non-hydrogen) atoms. The van der Waals surface area contributed by atoms with Gasteiger partial charge in [0.25, 0.3) is 5.91 Å². The second-order valence-corrected chi connectivity index (χ2v) is 5.19. The summed E-state index contributed by atoms with van der Waals surface area (Å²) in [6.45, 7) is 8.36. The van der Waals surface area contributed by atoms with Gasteiger partial charge in [-0.25, -0.2) is 0 Å². The summed E-state index contributed by atoms with van der Waals surface area (Å²) in [5, 5.41) is 2.85. The van der Waals surface area contributed by atoms with Crippen molar-refractivity contribution in [2.75, 3.05) is 6.54 Å². The van der Waals surface area contributed by atoms with E-state index in [2.05, 4.69) is 19.2 Å². The first-order valence-corrected chi connectivity index (χ1v) is 6.92. The number of carbonyl (C=O) groups excluding carboxylic acids is 1. The molecular formula is C14H22ClNO2. The van der Waals surface area contributed by atoms with Gasteiger partial charge in [0.1, 0.15) is 11.5 Å². The van der Waals surface area contributed by atoms with E-state index in [1.807, 2.05) is 6.92 Å². The lowest BCUT2D eigenvalue weighted by atomic mass is 9.99. The summed E-state index contributed by atoms with van der Waals surface area (Å²) in [6.07, 6.45) is 2.06. The molecule has 0 saturated carbocycles. The average molecular weight is 272 g/mol. The van der Waals surface area contributed by atoms with Crippen LogP contribution in [0, 0.1) is 19.8 Å². The van der Waals surface area contributed by atoms with E-state index in [4.69, 9.17) is 16.0 Å². The summed E-state index contributed by atoms with van der Waals surface area (Å²) in [4.78, 5) is 12.0. The highest BCUT2D eigenvalue weighted by Gasteiger charge is 2.18. The zero-order valence-corrected chi connectivity index (χ0v) is 12.3. The van der Waals surface area contributed by atoms with Crippen molar-refractivity contribution in [1.82, 2.24) is 5.32 Å². The van der Waals surface area contributed by atoms with E-state index in [1.165, 1.54) is 0 Å². The highest BCUT2D eigenvalue weighted by Crippen LogP contribution is 2.18. The molecule has 1 rings (SSSR count). The van der Waals surface area contributed by atoms with E-state index in [0.29, 0.717) is 23.8 Å². The summed E-state index contributed by atoms with van der Waals surface area (Å²) in [6, 6.07) is 1.75. The summed E-state index contributed by atoms with van der Waals surface area (Å²) >= 11 is 6.29. The molecule has 0 aliphatic rings. The Bertz CT molecular complexity index is 396. The summed E-state index contributed by atoms with van der Waals surface area (Å²) in [5.41, 5.74) is 0.598. The Morgan fingerprint density at radius 2 is 2.00 bits per heavy atom. The standard InChI is InChI=1S/C14H22ClNO2/c1-5-11(6-2)13(15)8-16-14(17)12-7-9(3)18-10(12)4/h7,11,13H,5-6,8H2,1-4H3,(H,16,17). The predicted octanol–water partition coefficient (Wildman–Crippen LogP) is 3.67. The molecule has 0 fully saturated rings. The fraction of sp³-hybridized carbons (Fsp3) is 0.643. The number of halogens is 1. The molecule has 1 unspecified atom stereocenters. The lowest BCUT2D eigenvalue weighted by molar-refractivity contribution is 0.0950. The van der Waals surface area contributed by atoms with Crippen LogP contribution in [0.25, 0.3) is 0 Å². The predicted molar refractivity (Wildman–Crippen MR) is 74.2 cm³/mol. The molecule has 1 N–H and O–H groups in total. The number of rotatable bonds is 6. The maximum Gasteiger partial charge on any atom is 0.254 e. The van der Waals surface area contributed by atoms with Gasteiger partial charge < -0.3 is 9.73 Å². The summed E-state index contributed by atoms with van der Waals surface area (Å²) in [5.74, 6) is 1.74. The Morgan fingerprint density at radius 1 is 1.39 bits per heavy atom. The molecule has 4 heteroatoms. The minimum atomic E-state index is -0.110. The Labute approximate surface area is 114 Å². The fourth-order valence-electron chi connectivity index (χ4n) is 2.11. The second-order valence-electron chi connectivity index (χ2n) is 4.63. The van der Waals surface area contributed by atoms with Crippen LogP contribution < -0.4 is 5.32 Å². The van der Waals surface area contributed by atoms with E-state index < -0.39 is 0 Å². The molecule has 0 aliphatic carbocycles. The first-order valence-electron chi connectivity index (χ1n) is 6.48. The van der Waals surface area contributed by atoms with Crippen molar-refractivity contribution in [1.29, 1.82) is 0 Å². The number of amides is 1.